The van der Waals surface area contributed by atoms with Crippen molar-refractivity contribution in [3.63, 3.8) is 0 Å². The number of alkyl halides is 3. The maximum absolute atomic E-state index is 14.3. The van der Waals surface area contributed by atoms with Gasteiger partial charge in [-0.25, -0.2) is 19.3 Å². The molecule has 0 unspecified atom stereocenters. The van der Waals surface area contributed by atoms with E-state index in [1.165, 1.54) is 13.1 Å². The van der Waals surface area contributed by atoms with E-state index < -0.39 is 17.8 Å². The Labute approximate surface area is 283 Å². The van der Waals surface area contributed by atoms with Crippen molar-refractivity contribution in [2.24, 2.45) is 0 Å². The Hall–Kier alpha value is -4.57. The van der Waals surface area contributed by atoms with Crippen LogP contribution in [-0.2, 0) is 22.3 Å². The fourth-order valence-electron chi connectivity index (χ4n) is 5.97. The maximum atomic E-state index is 14.3. The number of amides is 3. The van der Waals surface area contributed by atoms with Crippen LogP contribution in [0.3, 0.4) is 0 Å². The lowest BCUT2D eigenvalue weighted by Crippen LogP contribution is -2.48. The molecular weight excluding hydrogens is 641 g/mol. The number of halogens is 3. The summed E-state index contributed by atoms with van der Waals surface area (Å²) in [6, 6.07) is 2.06. The average molecular weight is 685 g/mol. The zero-order chi connectivity index (χ0) is 35.1. The number of carbonyl (C=O) groups excluding carboxylic acids is 3. The molecule has 0 saturated carbocycles. The largest absolute Gasteiger partial charge is 0.417 e. The van der Waals surface area contributed by atoms with Gasteiger partial charge in [0, 0.05) is 84.6 Å². The molecule has 2 fully saturated rings. The Bertz CT molecular complexity index is 1680. The minimum atomic E-state index is -4.76. The molecule has 0 radical (unpaired) electrons. The summed E-state index contributed by atoms with van der Waals surface area (Å²) in [4.78, 5) is 53.4. The lowest BCUT2D eigenvalue weighted by molar-refractivity contribution is -0.137. The van der Waals surface area contributed by atoms with Gasteiger partial charge in [0.15, 0.2) is 17.4 Å². The highest BCUT2D eigenvalue weighted by Crippen LogP contribution is 2.38. The fraction of sp³-hybridized carbons (Fsp3) is 0.515. The number of fused-ring (bicyclic) bond motifs is 1. The molecule has 5 heterocycles. The molecule has 2 N–H and O–H groups in total. The lowest BCUT2D eigenvalue weighted by Gasteiger charge is -2.34. The van der Waals surface area contributed by atoms with Gasteiger partial charge < -0.3 is 20.0 Å². The molecule has 16 heteroatoms. The number of urea groups is 1. The summed E-state index contributed by atoms with van der Waals surface area (Å²) in [6.07, 6.45) is 4.73. The Kier molecular flexibility index (Phi) is 11.5. The number of piperidine rings is 1. The summed E-state index contributed by atoms with van der Waals surface area (Å²) >= 11 is 0. The van der Waals surface area contributed by atoms with Crippen molar-refractivity contribution >= 4 is 34.9 Å². The van der Waals surface area contributed by atoms with E-state index >= 15 is 0 Å². The second-order valence-corrected chi connectivity index (χ2v) is 12.6. The predicted octanol–water partition coefficient (Wildman–Crippen LogP) is 3.66. The molecule has 2 aliphatic heterocycles. The minimum Gasteiger partial charge on any atom is -0.355 e. The zero-order valence-electron chi connectivity index (χ0n) is 28.1. The van der Waals surface area contributed by atoms with Crippen LogP contribution >= 0.6 is 0 Å². The minimum absolute atomic E-state index is 0.0391. The zero-order valence-corrected chi connectivity index (χ0v) is 28.1. The molecule has 3 amide bonds. The normalized spacial score (nSPS) is 16.1. The van der Waals surface area contributed by atoms with E-state index in [9.17, 15) is 27.6 Å². The Morgan fingerprint density at radius 3 is 2.41 bits per heavy atom. The quantitative estimate of drug-likeness (QED) is 0.291. The van der Waals surface area contributed by atoms with E-state index in [1.54, 1.807) is 15.5 Å². The number of allylic oxidation sites excluding steroid dienone is 1. The van der Waals surface area contributed by atoms with Crippen molar-refractivity contribution in [2.45, 2.75) is 44.8 Å². The Morgan fingerprint density at radius 1 is 1.00 bits per heavy atom. The molecule has 5 rings (SSSR count). The smallest absolute Gasteiger partial charge is 0.355 e. The summed E-state index contributed by atoms with van der Waals surface area (Å²) in [5.41, 5.74) is 0.303. The second-order valence-electron chi connectivity index (χ2n) is 12.6. The lowest BCUT2D eigenvalue weighted by atomic mass is 10.1. The van der Waals surface area contributed by atoms with Crippen LogP contribution in [0, 0.1) is 0 Å². The number of nitrogens with one attached hydrogen (secondary N) is 2. The number of aromatic nitrogens is 4. The highest BCUT2D eigenvalue weighted by atomic mass is 19.4. The van der Waals surface area contributed by atoms with E-state index in [0.29, 0.717) is 50.6 Å². The average Bonchev–Trinajstić information content (AvgIpc) is 3.49. The molecule has 0 aliphatic carbocycles. The first kappa shape index (κ1) is 35.7. The van der Waals surface area contributed by atoms with Crippen LogP contribution in [-0.4, -0.2) is 119 Å². The summed E-state index contributed by atoms with van der Waals surface area (Å²) in [6.45, 7) is 5.03. The molecule has 3 aromatic rings. The van der Waals surface area contributed by atoms with E-state index in [-0.39, 0.29) is 41.7 Å². The number of hydrogen-bond donors (Lipinski definition) is 2. The second kappa shape index (κ2) is 15.8. The molecule has 0 aromatic carbocycles. The molecule has 49 heavy (non-hydrogen) atoms. The SMILES string of the molecule is CNC(=O)Nc1cc(C(F)(F)F)c(-c2nc(N3CCCCC3)c3cc(CN4CCN(C(=O)CCC(=O)/C=C/CN(C)C)CC4)cn3n2)cn1. The van der Waals surface area contributed by atoms with E-state index in [0.717, 1.165) is 50.2 Å². The summed E-state index contributed by atoms with van der Waals surface area (Å²) in [5, 5.41) is 9.11. The molecule has 0 spiro atoms. The number of hydrogen-bond acceptors (Lipinski definition) is 9. The third-order valence-electron chi connectivity index (χ3n) is 8.57. The molecule has 0 atom stereocenters. The molecule has 3 aromatic heterocycles. The van der Waals surface area contributed by atoms with Crippen LogP contribution in [0.2, 0.25) is 0 Å². The van der Waals surface area contributed by atoms with Crippen molar-refractivity contribution in [2.75, 3.05) is 77.2 Å². The van der Waals surface area contributed by atoms with Crippen molar-refractivity contribution in [3.8, 4) is 11.4 Å². The summed E-state index contributed by atoms with van der Waals surface area (Å²) in [7, 11) is 5.19. The van der Waals surface area contributed by atoms with Gasteiger partial charge >= 0.3 is 12.2 Å². The highest BCUT2D eigenvalue weighted by molar-refractivity contribution is 5.92. The van der Waals surface area contributed by atoms with Gasteiger partial charge in [0.2, 0.25) is 5.91 Å². The highest BCUT2D eigenvalue weighted by Gasteiger charge is 2.36. The number of piperazine rings is 1. The molecular formula is C33H43F3N10O3. The first-order valence-electron chi connectivity index (χ1n) is 16.5. The molecule has 2 saturated heterocycles. The topological polar surface area (TPSA) is 131 Å². The van der Waals surface area contributed by atoms with Crippen LogP contribution in [0.15, 0.2) is 36.7 Å². The van der Waals surface area contributed by atoms with Gasteiger partial charge in [0.05, 0.1) is 11.1 Å². The number of ketones is 1. The van der Waals surface area contributed by atoms with Gasteiger partial charge in [-0.2, -0.15) is 13.2 Å². The predicted molar refractivity (Wildman–Crippen MR) is 179 cm³/mol. The van der Waals surface area contributed by atoms with Crippen molar-refractivity contribution in [1.82, 2.24) is 39.6 Å². The van der Waals surface area contributed by atoms with Crippen LogP contribution in [0.4, 0.5) is 29.6 Å². The number of likely N-dealkylation sites (N-methyl/N-ethyl adjacent to an activating group) is 1. The molecule has 13 nitrogen and oxygen atoms in total. The Morgan fingerprint density at radius 2 is 1.73 bits per heavy atom. The Balaban J connectivity index is 1.33. The number of carbonyl (C=O) groups is 3. The number of pyridine rings is 1. The van der Waals surface area contributed by atoms with E-state index in [1.807, 2.05) is 31.3 Å². The van der Waals surface area contributed by atoms with E-state index in [4.69, 9.17) is 0 Å². The summed E-state index contributed by atoms with van der Waals surface area (Å²) < 4.78 is 44.5. The van der Waals surface area contributed by atoms with Gasteiger partial charge in [-0.3, -0.25) is 19.8 Å². The van der Waals surface area contributed by atoms with Crippen LogP contribution in [0.1, 0.15) is 43.2 Å². The first-order chi connectivity index (χ1) is 23.4. The fourth-order valence-corrected chi connectivity index (χ4v) is 5.97. The van der Waals surface area contributed by atoms with Crippen molar-refractivity contribution < 1.29 is 27.6 Å². The van der Waals surface area contributed by atoms with Gasteiger partial charge in [-0.15, -0.1) is 5.10 Å². The van der Waals surface area contributed by atoms with Gasteiger partial charge in [0.25, 0.3) is 0 Å². The van der Waals surface area contributed by atoms with Crippen LogP contribution in [0.5, 0.6) is 0 Å². The van der Waals surface area contributed by atoms with Crippen molar-refractivity contribution in [3.05, 3.63) is 47.8 Å². The van der Waals surface area contributed by atoms with Gasteiger partial charge in [-0.1, -0.05) is 6.08 Å². The van der Waals surface area contributed by atoms with E-state index in [2.05, 4.69) is 35.5 Å². The van der Waals surface area contributed by atoms with Gasteiger partial charge in [0.1, 0.15) is 11.3 Å². The number of rotatable bonds is 11. The first-order valence-corrected chi connectivity index (χ1v) is 16.5. The molecule has 2 aliphatic rings. The standard InChI is InChI=1S/C33H43F3N10O3/c1-37-32(49)39-28-19-26(33(34,35)36)25(20-38-28)30-40-31(45-12-5-4-6-13-45)27-18-23(22-46(27)41-30)21-43-14-16-44(17-15-43)29(48)10-9-24(47)8-7-11-42(2)3/h7-8,18-20,22H,4-6,9-17,21H2,1-3H3,(H2,37,38,39,49)/b8-7+. The third-order valence-corrected chi connectivity index (χ3v) is 8.57. The third kappa shape index (κ3) is 9.32. The number of nitrogens with zero attached hydrogens (tertiary/aromatic N) is 8. The van der Waals surface area contributed by atoms with Crippen molar-refractivity contribution in [1.29, 1.82) is 0 Å². The monoisotopic (exact) mass is 684 g/mol. The summed E-state index contributed by atoms with van der Waals surface area (Å²) in [5.74, 6) is 0.0750. The van der Waals surface area contributed by atoms with Crippen LogP contribution < -0.4 is 15.5 Å². The van der Waals surface area contributed by atoms with Gasteiger partial charge in [-0.05, 0) is 57.1 Å². The molecule has 0 bridgehead atoms. The molecule has 264 valence electrons. The number of anilines is 2. The maximum Gasteiger partial charge on any atom is 0.417 e. The van der Waals surface area contributed by atoms with Crippen LogP contribution in [0.25, 0.3) is 16.9 Å².